The Hall–Kier alpha value is -1.13. The largest absolute Gasteiger partial charge is 0.378 e. The van der Waals surface area contributed by atoms with Crippen molar-refractivity contribution in [1.82, 2.24) is 9.78 Å². The van der Waals surface area contributed by atoms with E-state index in [9.17, 15) is 5.11 Å². The molecular weight excluding hydrogens is 208 g/mol. The quantitative estimate of drug-likeness (QED) is 0.844. The van der Waals surface area contributed by atoms with Crippen molar-refractivity contribution in [3.8, 4) is 0 Å². The zero-order valence-corrected chi connectivity index (χ0v) is 9.88. The van der Waals surface area contributed by atoms with Gasteiger partial charge in [-0.3, -0.25) is 4.68 Å². The lowest BCUT2D eigenvalue weighted by atomic mass is 9.98. The van der Waals surface area contributed by atoms with Gasteiger partial charge in [0.25, 0.3) is 0 Å². The van der Waals surface area contributed by atoms with E-state index in [1.807, 2.05) is 37.7 Å². The molecule has 15 heavy (non-hydrogen) atoms. The van der Waals surface area contributed by atoms with Crippen molar-refractivity contribution < 1.29 is 5.11 Å². The maximum atomic E-state index is 10.5. The Morgan fingerprint density at radius 1 is 1.47 bits per heavy atom. The molecule has 4 heteroatoms. The van der Waals surface area contributed by atoms with Crippen molar-refractivity contribution in [3.05, 3.63) is 39.8 Å². The highest BCUT2D eigenvalue weighted by atomic mass is 32.1. The average molecular weight is 222 g/mol. The summed E-state index contributed by atoms with van der Waals surface area (Å²) >= 11 is 1.56. The molecule has 2 aromatic rings. The molecule has 2 aromatic heterocycles. The fourth-order valence-corrected chi connectivity index (χ4v) is 2.66. The molecule has 0 amide bonds. The predicted molar refractivity (Wildman–Crippen MR) is 60.9 cm³/mol. The van der Waals surface area contributed by atoms with E-state index in [0.717, 1.165) is 10.4 Å². The standard InChI is InChI=1S/C11H14N2OS/c1-8-5-7-15-10(8)11(2,14)9-4-6-13(3)12-9/h4-7,14H,1-3H3. The van der Waals surface area contributed by atoms with Gasteiger partial charge in [-0.25, -0.2) is 0 Å². The minimum atomic E-state index is -0.987. The SMILES string of the molecule is Cc1ccsc1C(C)(O)c1ccn(C)n1. The van der Waals surface area contributed by atoms with Gasteiger partial charge in [0.15, 0.2) is 0 Å². The molecule has 0 aliphatic carbocycles. The molecule has 0 fully saturated rings. The van der Waals surface area contributed by atoms with Gasteiger partial charge in [-0.05, 0) is 36.9 Å². The molecule has 2 rings (SSSR count). The van der Waals surface area contributed by atoms with Crippen molar-refractivity contribution in [2.24, 2.45) is 7.05 Å². The van der Waals surface area contributed by atoms with Gasteiger partial charge in [0.2, 0.25) is 0 Å². The Morgan fingerprint density at radius 2 is 2.20 bits per heavy atom. The normalized spacial score (nSPS) is 15.2. The summed E-state index contributed by atoms with van der Waals surface area (Å²) in [5.74, 6) is 0. The second-order valence-electron chi connectivity index (χ2n) is 3.88. The second-order valence-corrected chi connectivity index (χ2v) is 4.80. The van der Waals surface area contributed by atoms with Gasteiger partial charge < -0.3 is 5.11 Å². The lowest BCUT2D eigenvalue weighted by Gasteiger charge is -2.20. The van der Waals surface area contributed by atoms with Crippen LogP contribution in [0.15, 0.2) is 23.7 Å². The van der Waals surface area contributed by atoms with Gasteiger partial charge in [0, 0.05) is 18.1 Å². The third-order valence-corrected chi connectivity index (χ3v) is 3.74. The minimum Gasteiger partial charge on any atom is -0.378 e. The molecule has 1 unspecified atom stereocenters. The highest BCUT2D eigenvalue weighted by Gasteiger charge is 2.30. The summed E-state index contributed by atoms with van der Waals surface area (Å²) in [6.07, 6.45) is 1.84. The first-order chi connectivity index (χ1) is 7.01. The zero-order chi connectivity index (χ0) is 11.1. The van der Waals surface area contributed by atoms with Gasteiger partial charge in [0.1, 0.15) is 5.60 Å². The minimum absolute atomic E-state index is 0.690. The molecular formula is C11H14N2OS. The fourth-order valence-electron chi connectivity index (χ4n) is 1.66. The smallest absolute Gasteiger partial charge is 0.140 e. The molecule has 0 aliphatic rings. The van der Waals surface area contributed by atoms with Crippen molar-refractivity contribution in [3.63, 3.8) is 0 Å². The molecule has 1 N–H and O–H groups in total. The molecule has 1 atom stereocenters. The number of aryl methyl sites for hydroxylation is 2. The Morgan fingerprint density at radius 3 is 2.67 bits per heavy atom. The second kappa shape index (κ2) is 3.47. The molecule has 0 spiro atoms. The summed E-state index contributed by atoms with van der Waals surface area (Å²) < 4.78 is 1.70. The molecule has 0 aromatic carbocycles. The first-order valence-corrected chi connectivity index (χ1v) is 5.67. The van der Waals surface area contributed by atoms with Crippen molar-refractivity contribution in [2.45, 2.75) is 19.4 Å². The van der Waals surface area contributed by atoms with Crippen LogP contribution in [0.3, 0.4) is 0 Å². The van der Waals surface area contributed by atoms with E-state index in [1.54, 1.807) is 22.9 Å². The molecule has 3 nitrogen and oxygen atoms in total. The van der Waals surface area contributed by atoms with E-state index in [4.69, 9.17) is 0 Å². The Balaban J connectivity index is 2.47. The number of hydrogen-bond acceptors (Lipinski definition) is 3. The monoisotopic (exact) mass is 222 g/mol. The van der Waals surface area contributed by atoms with Crippen LogP contribution in [0, 0.1) is 6.92 Å². The van der Waals surface area contributed by atoms with E-state index in [1.165, 1.54) is 0 Å². The van der Waals surface area contributed by atoms with Gasteiger partial charge in [-0.1, -0.05) is 0 Å². The molecule has 0 saturated carbocycles. The van der Waals surface area contributed by atoms with Crippen LogP contribution < -0.4 is 0 Å². The summed E-state index contributed by atoms with van der Waals surface area (Å²) in [6.45, 7) is 3.79. The molecule has 0 radical (unpaired) electrons. The number of nitrogens with zero attached hydrogens (tertiary/aromatic N) is 2. The number of rotatable bonds is 2. The van der Waals surface area contributed by atoms with E-state index in [2.05, 4.69) is 5.10 Å². The maximum absolute atomic E-state index is 10.5. The van der Waals surface area contributed by atoms with Crippen molar-refractivity contribution in [1.29, 1.82) is 0 Å². The van der Waals surface area contributed by atoms with Crippen LogP contribution in [0.5, 0.6) is 0 Å². The summed E-state index contributed by atoms with van der Waals surface area (Å²) in [5.41, 5.74) is 0.811. The molecule has 2 heterocycles. The lowest BCUT2D eigenvalue weighted by Crippen LogP contribution is -2.23. The topological polar surface area (TPSA) is 38.0 Å². The van der Waals surface area contributed by atoms with Crippen LogP contribution in [-0.4, -0.2) is 14.9 Å². The van der Waals surface area contributed by atoms with Crippen LogP contribution in [0.2, 0.25) is 0 Å². The third kappa shape index (κ3) is 1.70. The highest BCUT2D eigenvalue weighted by molar-refractivity contribution is 7.10. The van der Waals surface area contributed by atoms with Crippen LogP contribution >= 0.6 is 11.3 Å². The molecule has 80 valence electrons. The van der Waals surface area contributed by atoms with Gasteiger partial charge in [-0.15, -0.1) is 11.3 Å². The van der Waals surface area contributed by atoms with Crippen LogP contribution in [-0.2, 0) is 12.6 Å². The Labute approximate surface area is 93.0 Å². The maximum Gasteiger partial charge on any atom is 0.140 e. The Kier molecular flexibility index (Phi) is 2.40. The fraction of sp³-hybridized carbons (Fsp3) is 0.364. The highest BCUT2D eigenvalue weighted by Crippen LogP contribution is 2.33. The average Bonchev–Trinajstić information content (AvgIpc) is 2.74. The number of thiophene rings is 1. The third-order valence-electron chi connectivity index (χ3n) is 2.52. The predicted octanol–water partition coefficient (Wildman–Crippen LogP) is 2.05. The van der Waals surface area contributed by atoms with Gasteiger partial charge in [-0.2, -0.15) is 5.10 Å². The number of aromatic nitrogens is 2. The number of aliphatic hydroxyl groups is 1. The summed E-state index contributed by atoms with van der Waals surface area (Å²) in [6, 6.07) is 3.86. The summed E-state index contributed by atoms with van der Waals surface area (Å²) in [7, 11) is 1.85. The van der Waals surface area contributed by atoms with Crippen molar-refractivity contribution in [2.75, 3.05) is 0 Å². The van der Waals surface area contributed by atoms with Gasteiger partial charge in [0.05, 0.1) is 5.69 Å². The zero-order valence-electron chi connectivity index (χ0n) is 9.06. The summed E-state index contributed by atoms with van der Waals surface area (Å²) in [4.78, 5) is 0.959. The Bertz CT molecular complexity index is 470. The molecule has 0 bridgehead atoms. The van der Waals surface area contributed by atoms with E-state index in [-0.39, 0.29) is 0 Å². The van der Waals surface area contributed by atoms with E-state index in [0.29, 0.717) is 5.69 Å². The van der Waals surface area contributed by atoms with Crippen LogP contribution in [0.4, 0.5) is 0 Å². The van der Waals surface area contributed by atoms with E-state index < -0.39 is 5.60 Å². The van der Waals surface area contributed by atoms with Gasteiger partial charge >= 0.3 is 0 Å². The molecule has 0 saturated heterocycles. The number of hydrogen-bond donors (Lipinski definition) is 1. The lowest BCUT2D eigenvalue weighted by molar-refractivity contribution is 0.100. The summed E-state index contributed by atoms with van der Waals surface area (Å²) in [5, 5.41) is 16.7. The van der Waals surface area contributed by atoms with E-state index >= 15 is 0 Å². The first kappa shape index (κ1) is 10.4. The van der Waals surface area contributed by atoms with Crippen LogP contribution in [0.1, 0.15) is 23.1 Å². The van der Waals surface area contributed by atoms with Crippen LogP contribution in [0.25, 0.3) is 0 Å². The first-order valence-electron chi connectivity index (χ1n) is 4.79. The van der Waals surface area contributed by atoms with Crippen molar-refractivity contribution >= 4 is 11.3 Å². The molecule has 0 aliphatic heterocycles.